The molecule has 0 aromatic heterocycles. The van der Waals surface area contributed by atoms with Crippen molar-refractivity contribution in [2.75, 3.05) is 5.32 Å². The Kier molecular flexibility index (Phi) is 6.73. The molecule has 0 heterocycles. The standard InChI is InChI=1S/C24H18F3N3O/c25-24(26,27)20-11-13-21(14-12-20)29-16-19(15-28)23(31)30-22(17-7-3-1-4-8-17)18-9-5-2-6-10-18/h1-14,16,22,29H,(H,30,31)/b19-16-. The maximum absolute atomic E-state index is 12.7. The van der Waals surface area contributed by atoms with E-state index in [1.54, 1.807) is 0 Å². The summed E-state index contributed by atoms with van der Waals surface area (Å²) in [6, 6.07) is 24.2. The van der Waals surface area contributed by atoms with Crippen LogP contribution in [-0.4, -0.2) is 5.91 Å². The first kappa shape index (κ1) is 21.7. The molecule has 7 heteroatoms. The maximum atomic E-state index is 12.7. The highest BCUT2D eigenvalue weighted by Gasteiger charge is 2.29. The first-order valence-electron chi connectivity index (χ1n) is 9.33. The largest absolute Gasteiger partial charge is 0.416 e. The molecule has 0 unspecified atom stereocenters. The van der Waals surface area contributed by atoms with Gasteiger partial charge in [-0.25, -0.2) is 0 Å². The summed E-state index contributed by atoms with van der Waals surface area (Å²) in [6.07, 6.45) is -3.26. The predicted octanol–water partition coefficient (Wildman–Crippen LogP) is 5.43. The van der Waals surface area contributed by atoms with Gasteiger partial charge in [0.1, 0.15) is 11.6 Å². The zero-order valence-electron chi connectivity index (χ0n) is 16.2. The van der Waals surface area contributed by atoms with Gasteiger partial charge >= 0.3 is 6.18 Å². The number of rotatable bonds is 6. The van der Waals surface area contributed by atoms with E-state index in [9.17, 15) is 23.2 Å². The van der Waals surface area contributed by atoms with Crippen LogP contribution in [0, 0.1) is 11.3 Å². The van der Waals surface area contributed by atoms with E-state index in [1.165, 1.54) is 18.3 Å². The highest BCUT2D eigenvalue weighted by Crippen LogP contribution is 2.30. The summed E-state index contributed by atoms with van der Waals surface area (Å²) in [5.74, 6) is -0.611. The van der Waals surface area contributed by atoms with E-state index in [0.29, 0.717) is 5.69 Å². The number of hydrogen-bond donors (Lipinski definition) is 2. The topological polar surface area (TPSA) is 64.9 Å². The first-order valence-corrected chi connectivity index (χ1v) is 9.33. The van der Waals surface area contributed by atoms with Gasteiger partial charge in [-0.2, -0.15) is 18.4 Å². The van der Waals surface area contributed by atoms with Crippen molar-refractivity contribution in [3.63, 3.8) is 0 Å². The summed E-state index contributed by atoms with van der Waals surface area (Å²) >= 11 is 0. The molecule has 156 valence electrons. The van der Waals surface area contributed by atoms with E-state index in [1.807, 2.05) is 66.7 Å². The van der Waals surface area contributed by atoms with Gasteiger partial charge in [-0.05, 0) is 35.4 Å². The molecular weight excluding hydrogens is 403 g/mol. The Bertz CT molecular complexity index is 1050. The van der Waals surface area contributed by atoms with Gasteiger partial charge in [-0.15, -0.1) is 0 Å². The summed E-state index contributed by atoms with van der Waals surface area (Å²) < 4.78 is 38.0. The van der Waals surface area contributed by atoms with Crippen molar-refractivity contribution < 1.29 is 18.0 Å². The molecule has 1 amide bonds. The molecule has 0 saturated heterocycles. The van der Waals surface area contributed by atoms with Gasteiger partial charge in [0.15, 0.2) is 0 Å². The molecule has 0 aliphatic carbocycles. The van der Waals surface area contributed by atoms with Crippen molar-refractivity contribution in [2.24, 2.45) is 0 Å². The van der Waals surface area contributed by atoms with Crippen molar-refractivity contribution in [3.05, 3.63) is 113 Å². The molecular formula is C24H18F3N3O. The van der Waals surface area contributed by atoms with Crippen LogP contribution in [0.3, 0.4) is 0 Å². The third kappa shape index (κ3) is 5.73. The first-order chi connectivity index (χ1) is 14.9. The average molecular weight is 421 g/mol. The number of nitrogens with one attached hydrogen (secondary N) is 2. The summed E-state index contributed by atoms with van der Waals surface area (Å²) in [7, 11) is 0. The van der Waals surface area contributed by atoms with Crippen LogP contribution in [0.5, 0.6) is 0 Å². The van der Waals surface area contributed by atoms with Crippen molar-refractivity contribution in [3.8, 4) is 6.07 Å². The molecule has 0 radical (unpaired) electrons. The fourth-order valence-electron chi connectivity index (χ4n) is 2.92. The van der Waals surface area contributed by atoms with Gasteiger partial charge < -0.3 is 10.6 Å². The third-order valence-corrected chi connectivity index (χ3v) is 4.50. The Balaban J connectivity index is 1.78. The van der Waals surface area contributed by atoms with Crippen LogP contribution in [0.25, 0.3) is 0 Å². The van der Waals surface area contributed by atoms with Crippen LogP contribution < -0.4 is 10.6 Å². The van der Waals surface area contributed by atoms with Crippen molar-refractivity contribution in [1.82, 2.24) is 5.32 Å². The minimum Gasteiger partial charge on any atom is -0.360 e. The molecule has 0 atom stereocenters. The van der Waals surface area contributed by atoms with Crippen molar-refractivity contribution >= 4 is 11.6 Å². The van der Waals surface area contributed by atoms with Gasteiger partial charge in [0.2, 0.25) is 0 Å². The van der Waals surface area contributed by atoms with Gasteiger partial charge in [-0.3, -0.25) is 4.79 Å². The third-order valence-electron chi connectivity index (χ3n) is 4.50. The molecule has 31 heavy (non-hydrogen) atoms. The second-order valence-corrected chi connectivity index (χ2v) is 6.62. The zero-order chi connectivity index (χ0) is 22.3. The van der Waals surface area contributed by atoms with Crippen molar-refractivity contribution in [1.29, 1.82) is 5.26 Å². The maximum Gasteiger partial charge on any atom is 0.416 e. The fourth-order valence-corrected chi connectivity index (χ4v) is 2.92. The lowest BCUT2D eigenvalue weighted by Crippen LogP contribution is -2.30. The molecule has 2 N–H and O–H groups in total. The van der Waals surface area contributed by atoms with E-state index in [2.05, 4.69) is 10.6 Å². The summed E-state index contributed by atoms with van der Waals surface area (Å²) in [4.78, 5) is 12.7. The number of benzene rings is 3. The van der Waals surface area contributed by atoms with E-state index in [4.69, 9.17) is 0 Å². The lowest BCUT2D eigenvalue weighted by atomic mass is 9.98. The van der Waals surface area contributed by atoms with Crippen LogP contribution >= 0.6 is 0 Å². The molecule has 0 aliphatic rings. The highest BCUT2D eigenvalue weighted by molar-refractivity contribution is 5.98. The summed E-state index contributed by atoms with van der Waals surface area (Å²) in [5.41, 5.74) is 1.01. The average Bonchev–Trinajstić information content (AvgIpc) is 2.79. The predicted molar refractivity (Wildman–Crippen MR) is 112 cm³/mol. The molecule has 3 rings (SSSR count). The van der Waals surface area contributed by atoms with E-state index >= 15 is 0 Å². The molecule has 0 bridgehead atoms. The lowest BCUT2D eigenvalue weighted by molar-refractivity contribution is -0.137. The Hall–Kier alpha value is -4.05. The number of nitrogens with zero attached hydrogens (tertiary/aromatic N) is 1. The lowest BCUT2D eigenvalue weighted by Gasteiger charge is -2.19. The van der Waals surface area contributed by atoms with Gasteiger partial charge in [-0.1, -0.05) is 60.7 Å². The van der Waals surface area contributed by atoms with Crippen LogP contribution in [0.1, 0.15) is 22.7 Å². The molecule has 0 aliphatic heterocycles. The number of carbonyl (C=O) groups is 1. The number of nitriles is 1. The van der Waals surface area contributed by atoms with Gasteiger partial charge in [0.05, 0.1) is 11.6 Å². The highest BCUT2D eigenvalue weighted by atomic mass is 19.4. The Morgan fingerprint density at radius 1 is 0.871 bits per heavy atom. The number of hydrogen-bond acceptors (Lipinski definition) is 3. The van der Waals surface area contributed by atoms with Gasteiger partial charge in [0, 0.05) is 11.9 Å². The van der Waals surface area contributed by atoms with Crippen LogP contribution in [0.15, 0.2) is 96.7 Å². The van der Waals surface area contributed by atoms with E-state index in [-0.39, 0.29) is 5.57 Å². The molecule has 0 fully saturated rings. The monoisotopic (exact) mass is 421 g/mol. The number of carbonyl (C=O) groups excluding carboxylic acids is 1. The zero-order valence-corrected chi connectivity index (χ0v) is 16.2. The SMILES string of the molecule is N#C/C(=C/Nc1ccc(C(F)(F)F)cc1)C(=O)NC(c1ccccc1)c1ccccc1. The van der Waals surface area contributed by atoms with E-state index in [0.717, 1.165) is 23.3 Å². The Labute approximate surface area is 177 Å². The molecule has 3 aromatic carbocycles. The normalized spacial score (nSPS) is 11.6. The fraction of sp³-hybridized carbons (Fsp3) is 0.0833. The quantitative estimate of drug-likeness (QED) is 0.412. The molecule has 4 nitrogen and oxygen atoms in total. The smallest absolute Gasteiger partial charge is 0.360 e. The Morgan fingerprint density at radius 3 is 1.84 bits per heavy atom. The number of amides is 1. The van der Waals surface area contributed by atoms with Gasteiger partial charge in [0.25, 0.3) is 5.91 Å². The summed E-state index contributed by atoms with van der Waals surface area (Å²) in [6.45, 7) is 0. The minimum atomic E-state index is -4.43. The van der Waals surface area contributed by atoms with Crippen LogP contribution in [0.2, 0.25) is 0 Å². The summed E-state index contributed by atoms with van der Waals surface area (Å²) in [5, 5.41) is 15.0. The molecule has 0 saturated carbocycles. The van der Waals surface area contributed by atoms with Crippen molar-refractivity contribution in [2.45, 2.75) is 12.2 Å². The minimum absolute atomic E-state index is 0.211. The second kappa shape index (κ2) is 9.63. The van der Waals surface area contributed by atoms with Crippen LogP contribution in [0.4, 0.5) is 18.9 Å². The number of anilines is 1. The van der Waals surface area contributed by atoms with E-state index < -0.39 is 23.7 Å². The Morgan fingerprint density at radius 2 is 1.39 bits per heavy atom. The number of alkyl halides is 3. The number of halogens is 3. The molecule has 3 aromatic rings. The van der Waals surface area contributed by atoms with Crippen LogP contribution in [-0.2, 0) is 11.0 Å². The second-order valence-electron chi connectivity index (χ2n) is 6.62. The molecule has 0 spiro atoms.